The summed E-state index contributed by atoms with van der Waals surface area (Å²) in [5.74, 6) is 1.95. The van der Waals surface area contributed by atoms with Crippen molar-refractivity contribution in [1.29, 1.82) is 0 Å². The van der Waals surface area contributed by atoms with Crippen molar-refractivity contribution in [2.45, 2.75) is 45.7 Å². The zero-order chi connectivity index (χ0) is 15.4. The smallest absolute Gasteiger partial charge is 0.154 e. The molecule has 1 aromatic carbocycles. The normalized spacial score (nSPS) is 18.7. The molecule has 2 aromatic rings. The van der Waals surface area contributed by atoms with Gasteiger partial charge in [0.25, 0.3) is 0 Å². The summed E-state index contributed by atoms with van der Waals surface area (Å²) in [7, 11) is 0. The van der Waals surface area contributed by atoms with Crippen LogP contribution in [-0.4, -0.2) is 23.2 Å². The molecule has 0 amide bonds. The quantitative estimate of drug-likeness (QED) is 0.809. The molecule has 1 aromatic heterocycles. The maximum Gasteiger partial charge on any atom is 0.154 e. The fraction of sp³-hybridized carbons (Fsp3) is 0.500. The van der Waals surface area contributed by atoms with E-state index in [1.807, 2.05) is 19.1 Å². The van der Waals surface area contributed by atoms with Crippen LogP contribution in [0.2, 0.25) is 0 Å². The summed E-state index contributed by atoms with van der Waals surface area (Å²) in [5, 5.41) is 4.13. The highest BCUT2D eigenvalue weighted by molar-refractivity contribution is 5.27. The molecule has 0 aliphatic carbocycles. The van der Waals surface area contributed by atoms with Crippen LogP contribution in [0.15, 0.2) is 34.9 Å². The van der Waals surface area contributed by atoms with Gasteiger partial charge >= 0.3 is 0 Å². The molecule has 0 radical (unpaired) electrons. The first-order valence-corrected chi connectivity index (χ1v) is 8.21. The van der Waals surface area contributed by atoms with Crippen molar-refractivity contribution in [3.8, 4) is 5.75 Å². The molecule has 0 bridgehead atoms. The van der Waals surface area contributed by atoms with E-state index in [0.717, 1.165) is 43.1 Å². The van der Waals surface area contributed by atoms with Gasteiger partial charge in [-0.1, -0.05) is 24.2 Å². The van der Waals surface area contributed by atoms with Gasteiger partial charge in [-0.3, -0.25) is 4.90 Å². The van der Waals surface area contributed by atoms with E-state index >= 15 is 0 Å². The first-order chi connectivity index (χ1) is 10.8. The lowest BCUT2D eigenvalue weighted by atomic mass is 10.1. The number of hydrogen-bond acceptors (Lipinski definition) is 4. The van der Waals surface area contributed by atoms with Crippen LogP contribution in [0.1, 0.15) is 49.7 Å². The van der Waals surface area contributed by atoms with E-state index in [-0.39, 0.29) is 0 Å². The summed E-state index contributed by atoms with van der Waals surface area (Å²) in [6, 6.07) is 10.9. The van der Waals surface area contributed by atoms with E-state index in [4.69, 9.17) is 9.26 Å². The van der Waals surface area contributed by atoms with Crippen molar-refractivity contribution in [2.75, 3.05) is 13.2 Å². The Labute approximate surface area is 132 Å². The van der Waals surface area contributed by atoms with Gasteiger partial charge in [-0.2, -0.15) is 0 Å². The summed E-state index contributed by atoms with van der Waals surface area (Å²) >= 11 is 0. The molecule has 1 aliphatic heterocycles. The van der Waals surface area contributed by atoms with Crippen molar-refractivity contribution in [3.63, 3.8) is 0 Å². The average molecular weight is 300 g/mol. The van der Waals surface area contributed by atoms with Gasteiger partial charge < -0.3 is 9.26 Å². The van der Waals surface area contributed by atoms with Crippen molar-refractivity contribution < 1.29 is 9.26 Å². The van der Waals surface area contributed by atoms with Gasteiger partial charge in [0.1, 0.15) is 5.75 Å². The summed E-state index contributed by atoms with van der Waals surface area (Å²) in [6.45, 7) is 6.87. The van der Waals surface area contributed by atoms with Crippen LogP contribution < -0.4 is 4.74 Å². The number of likely N-dealkylation sites (tertiary alicyclic amines) is 1. The fourth-order valence-electron chi connectivity index (χ4n) is 3.08. The predicted octanol–water partition coefficient (Wildman–Crippen LogP) is 3.97. The second kappa shape index (κ2) is 6.97. The van der Waals surface area contributed by atoms with Gasteiger partial charge in [0.05, 0.1) is 18.3 Å². The molecular formula is C18H24N2O2. The minimum Gasteiger partial charge on any atom is -0.494 e. The molecule has 0 saturated carbocycles. The van der Waals surface area contributed by atoms with Crippen LogP contribution >= 0.6 is 0 Å². The van der Waals surface area contributed by atoms with E-state index in [1.54, 1.807) is 0 Å². The lowest BCUT2D eigenvalue weighted by molar-refractivity contribution is 0.206. The molecule has 1 atom stereocenters. The molecule has 1 aliphatic rings. The summed E-state index contributed by atoms with van der Waals surface area (Å²) in [4.78, 5) is 2.48. The first kappa shape index (κ1) is 15.1. The van der Waals surface area contributed by atoms with Crippen molar-refractivity contribution >= 4 is 0 Å². The molecule has 0 spiro atoms. The Hall–Kier alpha value is -1.81. The Kier molecular flexibility index (Phi) is 4.78. The molecule has 3 rings (SSSR count). The number of benzene rings is 1. The Morgan fingerprint density at radius 1 is 1.27 bits per heavy atom. The van der Waals surface area contributed by atoms with Crippen LogP contribution in [0, 0.1) is 0 Å². The molecule has 0 N–H and O–H groups in total. The Morgan fingerprint density at radius 2 is 2.09 bits per heavy atom. The average Bonchev–Trinajstić information content (AvgIpc) is 3.18. The Morgan fingerprint density at radius 3 is 2.77 bits per heavy atom. The third-order valence-electron chi connectivity index (χ3n) is 4.25. The molecule has 4 nitrogen and oxygen atoms in total. The van der Waals surface area contributed by atoms with Crippen molar-refractivity contribution in [3.05, 3.63) is 47.3 Å². The molecule has 1 unspecified atom stereocenters. The predicted molar refractivity (Wildman–Crippen MR) is 85.9 cm³/mol. The summed E-state index contributed by atoms with van der Waals surface area (Å²) < 4.78 is 11.0. The van der Waals surface area contributed by atoms with Crippen molar-refractivity contribution in [1.82, 2.24) is 10.1 Å². The lowest BCUT2D eigenvalue weighted by Gasteiger charge is -2.22. The van der Waals surface area contributed by atoms with E-state index in [0.29, 0.717) is 12.6 Å². The highest BCUT2D eigenvalue weighted by atomic mass is 16.5. The monoisotopic (exact) mass is 300 g/mol. The molecule has 2 heterocycles. The highest BCUT2D eigenvalue weighted by Crippen LogP contribution is 2.33. The van der Waals surface area contributed by atoms with E-state index < -0.39 is 0 Å². The van der Waals surface area contributed by atoms with Gasteiger partial charge in [0.2, 0.25) is 0 Å². The second-order valence-electron chi connectivity index (χ2n) is 5.78. The topological polar surface area (TPSA) is 38.5 Å². The maximum absolute atomic E-state index is 5.55. The van der Waals surface area contributed by atoms with E-state index in [9.17, 15) is 0 Å². The Bertz CT molecular complexity index is 591. The number of rotatable bonds is 6. The minimum atomic E-state index is 0.361. The standard InChI is InChI=1S/C18H24N2O2/c1-3-15-12-18(22-19-15)17-6-5-11-20(17)13-14-7-9-16(10-8-14)21-4-2/h7-10,12,17H,3-6,11,13H2,1-2H3. The molecular weight excluding hydrogens is 276 g/mol. The van der Waals surface area contributed by atoms with Gasteiger partial charge in [-0.15, -0.1) is 0 Å². The number of hydrogen-bond donors (Lipinski definition) is 0. The van der Waals surface area contributed by atoms with Crippen molar-refractivity contribution in [2.24, 2.45) is 0 Å². The molecule has 118 valence electrons. The third kappa shape index (κ3) is 3.33. The van der Waals surface area contributed by atoms with Crippen LogP contribution in [0.3, 0.4) is 0 Å². The van der Waals surface area contributed by atoms with E-state index in [1.165, 1.54) is 12.0 Å². The van der Waals surface area contributed by atoms with Gasteiger partial charge in [0, 0.05) is 12.6 Å². The molecule has 4 heteroatoms. The van der Waals surface area contributed by atoms with Crippen LogP contribution in [-0.2, 0) is 13.0 Å². The Balaban J connectivity index is 1.67. The third-order valence-corrected chi connectivity index (χ3v) is 4.25. The number of nitrogens with zero attached hydrogens (tertiary/aromatic N) is 2. The SMILES string of the molecule is CCOc1ccc(CN2CCCC2c2cc(CC)no2)cc1. The van der Waals surface area contributed by atoms with Crippen LogP contribution in [0.25, 0.3) is 0 Å². The van der Waals surface area contributed by atoms with Gasteiger partial charge in [-0.05, 0) is 50.4 Å². The zero-order valence-corrected chi connectivity index (χ0v) is 13.4. The number of ether oxygens (including phenoxy) is 1. The number of aryl methyl sites for hydroxylation is 1. The fourth-order valence-corrected chi connectivity index (χ4v) is 3.08. The lowest BCUT2D eigenvalue weighted by Crippen LogP contribution is -2.22. The molecule has 1 fully saturated rings. The second-order valence-corrected chi connectivity index (χ2v) is 5.78. The van der Waals surface area contributed by atoms with Gasteiger partial charge in [-0.25, -0.2) is 0 Å². The van der Waals surface area contributed by atoms with Gasteiger partial charge in [0.15, 0.2) is 5.76 Å². The van der Waals surface area contributed by atoms with E-state index in [2.05, 4.69) is 35.2 Å². The minimum absolute atomic E-state index is 0.361. The summed E-state index contributed by atoms with van der Waals surface area (Å²) in [5.41, 5.74) is 2.36. The molecule has 1 saturated heterocycles. The highest BCUT2D eigenvalue weighted by Gasteiger charge is 2.29. The largest absolute Gasteiger partial charge is 0.494 e. The van der Waals surface area contributed by atoms with Crippen LogP contribution in [0.5, 0.6) is 5.75 Å². The summed E-state index contributed by atoms with van der Waals surface area (Å²) in [6.07, 6.45) is 3.29. The molecule has 22 heavy (non-hydrogen) atoms. The number of aromatic nitrogens is 1. The maximum atomic E-state index is 5.55. The van der Waals surface area contributed by atoms with Crippen LogP contribution in [0.4, 0.5) is 0 Å². The first-order valence-electron chi connectivity index (χ1n) is 8.21. The zero-order valence-electron chi connectivity index (χ0n) is 13.4.